The van der Waals surface area contributed by atoms with Gasteiger partial charge in [-0.3, -0.25) is 4.79 Å². The molecular weight excluding hydrogens is 308 g/mol. The van der Waals surface area contributed by atoms with Crippen LogP contribution in [-0.4, -0.2) is 24.5 Å². The summed E-state index contributed by atoms with van der Waals surface area (Å²) < 4.78 is 5.69. The molecule has 1 heterocycles. The summed E-state index contributed by atoms with van der Waals surface area (Å²) in [6, 6.07) is 7.98. The highest BCUT2D eigenvalue weighted by molar-refractivity contribution is 7.14. The first-order valence-corrected chi connectivity index (χ1v) is 8.63. The fraction of sp³-hybridized carbons (Fsp3) is 0.333. The standard InChI is InChI=1S/C18H22N2O2S/c1-3-4-5-12-22-15-9-6-14(7-10-15)8-11-17-20-13-16(23-17)18(21)19-2/h6-11,13H,3-5,12H2,1-2H3,(H,19,21)/b11-8+. The third-order valence-corrected chi connectivity index (χ3v) is 4.25. The summed E-state index contributed by atoms with van der Waals surface area (Å²) in [5.41, 5.74) is 1.07. The van der Waals surface area contributed by atoms with Gasteiger partial charge in [0.25, 0.3) is 5.91 Å². The molecule has 0 bridgehead atoms. The molecule has 4 nitrogen and oxygen atoms in total. The van der Waals surface area contributed by atoms with Crippen molar-refractivity contribution < 1.29 is 9.53 Å². The van der Waals surface area contributed by atoms with Crippen molar-refractivity contribution in [3.8, 4) is 5.75 Å². The Labute approximate surface area is 141 Å². The molecule has 0 unspecified atom stereocenters. The van der Waals surface area contributed by atoms with Crippen LogP contribution in [0.25, 0.3) is 12.2 Å². The third kappa shape index (κ3) is 5.53. The molecule has 1 aromatic carbocycles. The van der Waals surface area contributed by atoms with E-state index in [0.29, 0.717) is 4.88 Å². The Morgan fingerprint density at radius 2 is 2.04 bits per heavy atom. The van der Waals surface area contributed by atoms with Gasteiger partial charge in [0.1, 0.15) is 15.6 Å². The number of hydrogen-bond acceptors (Lipinski definition) is 4. The average molecular weight is 330 g/mol. The molecule has 0 fully saturated rings. The van der Waals surface area contributed by atoms with Crippen molar-refractivity contribution in [2.45, 2.75) is 26.2 Å². The van der Waals surface area contributed by atoms with Crippen molar-refractivity contribution in [1.29, 1.82) is 0 Å². The second kappa shape index (κ2) is 9.10. The number of aromatic nitrogens is 1. The smallest absolute Gasteiger partial charge is 0.262 e. The largest absolute Gasteiger partial charge is 0.494 e. The van der Waals surface area contributed by atoms with E-state index in [0.717, 1.165) is 29.3 Å². The third-order valence-electron chi connectivity index (χ3n) is 3.29. The lowest BCUT2D eigenvalue weighted by Crippen LogP contribution is -2.16. The minimum Gasteiger partial charge on any atom is -0.494 e. The van der Waals surface area contributed by atoms with E-state index in [1.54, 1.807) is 13.2 Å². The van der Waals surface area contributed by atoms with Gasteiger partial charge in [-0.15, -0.1) is 11.3 Å². The van der Waals surface area contributed by atoms with Gasteiger partial charge in [0.05, 0.1) is 12.8 Å². The van der Waals surface area contributed by atoms with E-state index >= 15 is 0 Å². The van der Waals surface area contributed by atoms with Gasteiger partial charge in [-0.25, -0.2) is 4.98 Å². The van der Waals surface area contributed by atoms with Crippen LogP contribution in [-0.2, 0) is 0 Å². The molecule has 0 spiro atoms. The summed E-state index contributed by atoms with van der Waals surface area (Å²) >= 11 is 1.37. The molecule has 0 aliphatic heterocycles. The van der Waals surface area contributed by atoms with E-state index in [2.05, 4.69) is 17.2 Å². The Hall–Kier alpha value is -2.14. The van der Waals surface area contributed by atoms with Gasteiger partial charge in [-0.1, -0.05) is 38.0 Å². The van der Waals surface area contributed by atoms with E-state index in [-0.39, 0.29) is 5.91 Å². The maximum absolute atomic E-state index is 11.5. The molecular formula is C18H22N2O2S. The summed E-state index contributed by atoms with van der Waals surface area (Å²) in [5, 5.41) is 3.40. The molecule has 0 saturated carbocycles. The SMILES string of the molecule is CCCCCOc1ccc(/C=C/c2ncc(C(=O)NC)s2)cc1. The van der Waals surface area contributed by atoms with Gasteiger partial charge >= 0.3 is 0 Å². The van der Waals surface area contributed by atoms with Crippen LogP contribution in [0.15, 0.2) is 30.5 Å². The Morgan fingerprint density at radius 3 is 2.74 bits per heavy atom. The van der Waals surface area contributed by atoms with Crippen LogP contribution in [0.4, 0.5) is 0 Å². The molecule has 1 aromatic heterocycles. The van der Waals surface area contributed by atoms with Crippen molar-refractivity contribution in [2.75, 3.05) is 13.7 Å². The maximum atomic E-state index is 11.5. The van der Waals surface area contributed by atoms with Crippen molar-refractivity contribution in [3.63, 3.8) is 0 Å². The zero-order valence-corrected chi connectivity index (χ0v) is 14.4. The number of carbonyl (C=O) groups is 1. The fourth-order valence-electron chi connectivity index (χ4n) is 1.98. The number of thiazole rings is 1. The molecule has 1 N–H and O–H groups in total. The molecule has 1 amide bonds. The Morgan fingerprint density at radius 1 is 1.26 bits per heavy atom. The minimum absolute atomic E-state index is 0.105. The predicted molar refractivity (Wildman–Crippen MR) is 95.9 cm³/mol. The lowest BCUT2D eigenvalue weighted by molar-refractivity contribution is 0.0967. The lowest BCUT2D eigenvalue weighted by Gasteiger charge is -2.05. The van der Waals surface area contributed by atoms with Gasteiger partial charge in [0.15, 0.2) is 0 Å². The predicted octanol–water partition coefficient (Wildman–Crippen LogP) is 4.24. The van der Waals surface area contributed by atoms with Gasteiger partial charge in [-0.2, -0.15) is 0 Å². The number of nitrogens with zero attached hydrogens (tertiary/aromatic N) is 1. The van der Waals surface area contributed by atoms with Crippen LogP contribution in [0.5, 0.6) is 5.75 Å². The van der Waals surface area contributed by atoms with Crippen molar-refractivity contribution in [2.24, 2.45) is 0 Å². The zero-order valence-electron chi connectivity index (χ0n) is 13.5. The molecule has 0 saturated heterocycles. The number of carbonyl (C=O) groups excluding carboxylic acids is 1. The summed E-state index contributed by atoms with van der Waals surface area (Å²) in [4.78, 5) is 16.3. The van der Waals surface area contributed by atoms with Crippen LogP contribution in [0.3, 0.4) is 0 Å². The zero-order chi connectivity index (χ0) is 16.5. The van der Waals surface area contributed by atoms with Crippen molar-refractivity contribution in [1.82, 2.24) is 10.3 Å². The van der Waals surface area contributed by atoms with E-state index < -0.39 is 0 Å². The number of ether oxygens (including phenoxy) is 1. The average Bonchev–Trinajstić information content (AvgIpc) is 3.06. The number of unbranched alkanes of at least 4 members (excludes halogenated alkanes) is 2. The highest BCUT2D eigenvalue weighted by Crippen LogP contribution is 2.18. The number of benzene rings is 1. The Kier molecular flexibility index (Phi) is 6.81. The quantitative estimate of drug-likeness (QED) is 0.737. The van der Waals surface area contributed by atoms with Crippen LogP contribution < -0.4 is 10.1 Å². The second-order valence-corrected chi connectivity index (χ2v) is 6.16. The van der Waals surface area contributed by atoms with E-state index in [9.17, 15) is 4.79 Å². The van der Waals surface area contributed by atoms with E-state index in [1.807, 2.05) is 36.4 Å². The summed E-state index contributed by atoms with van der Waals surface area (Å²) in [5.74, 6) is 0.793. The first-order valence-electron chi connectivity index (χ1n) is 7.81. The summed E-state index contributed by atoms with van der Waals surface area (Å²) in [6.45, 7) is 2.95. The Balaban J connectivity index is 1.90. The first kappa shape index (κ1) is 17.2. The molecule has 23 heavy (non-hydrogen) atoms. The van der Waals surface area contributed by atoms with Gasteiger partial charge < -0.3 is 10.1 Å². The monoisotopic (exact) mass is 330 g/mol. The molecule has 5 heteroatoms. The Bertz CT molecular complexity index is 647. The molecule has 2 aromatic rings. The highest BCUT2D eigenvalue weighted by Gasteiger charge is 2.06. The minimum atomic E-state index is -0.105. The number of hydrogen-bond donors (Lipinski definition) is 1. The highest BCUT2D eigenvalue weighted by atomic mass is 32.1. The van der Waals surface area contributed by atoms with Gasteiger partial charge in [0, 0.05) is 7.05 Å². The van der Waals surface area contributed by atoms with Crippen molar-refractivity contribution in [3.05, 3.63) is 45.9 Å². The maximum Gasteiger partial charge on any atom is 0.262 e. The van der Waals surface area contributed by atoms with Crippen LogP contribution >= 0.6 is 11.3 Å². The summed E-state index contributed by atoms with van der Waals surface area (Å²) in [6.07, 6.45) is 8.98. The van der Waals surface area contributed by atoms with Crippen molar-refractivity contribution >= 4 is 29.4 Å². The number of nitrogens with one attached hydrogen (secondary N) is 1. The normalized spacial score (nSPS) is 10.9. The van der Waals surface area contributed by atoms with Crippen LogP contribution in [0.2, 0.25) is 0 Å². The molecule has 0 aliphatic carbocycles. The van der Waals surface area contributed by atoms with Crippen LogP contribution in [0.1, 0.15) is 46.4 Å². The molecule has 0 atom stereocenters. The number of rotatable bonds is 8. The van der Waals surface area contributed by atoms with Gasteiger partial charge in [-0.05, 0) is 30.2 Å². The molecule has 0 aliphatic rings. The molecule has 122 valence electrons. The van der Waals surface area contributed by atoms with E-state index in [4.69, 9.17) is 4.74 Å². The molecule has 2 rings (SSSR count). The topological polar surface area (TPSA) is 51.2 Å². The summed E-state index contributed by atoms with van der Waals surface area (Å²) in [7, 11) is 1.61. The second-order valence-electron chi connectivity index (χ2n) is 5.10. The number of amides is 1. The fourth-order valence-corrected chi connectivity index (χ4v) is 2.74. The lowest BCUT2D eigenvalue weighted by atomic mass is 10.2. The molecule has 0 radical (unpaired) electrons. The van der Waals surface area contributed by atoms with Gasteiger partial charge in [0.2, 0.25) is 0 Å². The van der Waals surface area contributed by atoms with E-state index in [1.165, 1.54) is 24.2 Å². The van der Waals surface area contributed by atoms with Crippen LogP contribution in [0, 0.1) is 0 Å². The first-order chi connectivity index (χ1) is 11.2.